The first kappa shape index (κ1) is 12.1. The number of hydrogen-bond acceptors (Lipinski definition) is 4. The van der Waals surface area contributed by atoms with E-state index in [2.05, 4.69) is 29.4 Å². The van der Waals surface area contributed by atoms with Crippen molar-refractivity contribution in [3.8, 4) is 0 Å². The quantitative estimate of drug-likeness (QED) is 0.609. The summed E-state index contributed by atoms with van der Waals surface area (Å²) >= 11 is 0. The Morgan fingerprint density at radius 2 is 2.11 bits per heavy atom. The molecule has 5 heteroatoms. The van der Waals surface area contributed by atoms with Crippen molar-refractivity contribution in [2.75, 3.05) is 0 Å². The summed E-state index contributed by atoms with van der Waals surface area (Å²) in [5, 5.41) is 4.29. The molecule has 0 spiro atoms. The molecule has 1 aromatic heterocycles. The van der Waals surface area contributed by atoms with Crippen LogP contribution in [0.2, 0.25) is 0 Å². The number of nitrogens with two attached hydrogens (primary N) is 1. The predicted molar refractivity (Wildman–Crippen MR) is 69.5 cm³/mol. The Labute approximate surface area is 108 Å². The molecular formula is C13H23N5. The number of rotatable bonds is 5. The number of fused-ring (bicyclic) bond motifs is 1. The van der Waals surface area contributed by atoms with Crippen LogP contribution in [-0.4, -0.2) is 20.8 Å². The second-order valence-electron chi connectivity index (χ2n) is 6.18. The molecule has 3 atom stereocenters. The molecule has 0 bridgehead atoms. The second-order valence-corrected chi connectivity index (χ2v) is 6.18. The van der Waals surface area contributed by atoms with Crippen molar-refractivity contribution >= 4 is 0 Å². The van der Waals surface area contributed by atoms with E-state index in [1.165, 1.54) is 19.3 Å². The normalized spacial score (nSPS) is 31.7. The summed E-state index contributed by atoms with van der Waals surface area (Å²) in [6, 6.07) is 0.706. The molecule has 3 N–H and O–H groups in total. The highest BCUT2D eigenvalue weighted by Crippen LogP contribution is 2.55. The van der Waals surface area contributed by atoms with Crippen LogP contribution >= 0.6 is 0 Å². The third kappa shape index (κ3) is 2.17. The highest BCUT2D eigenvalue weighted by molar-refractivity contribution is 5.01. The molecule has 18 heavy (non-hydrogen) atoms. The first-order chi connectivity index (χ1) is 8.69. The predicted octanol–water partition coefficient (Wildman–Crippen LogP) is 1.28. The van der Waals surface area contributed by atoms with Crippen LogP contribution in [0.4, 0.5) is 0 Å². The lowest BCUT2D eigenvalue weighted by atomic mass is 9.92. The van der Waals surface area contributed by atoms with Gasteiger partial charge in [0, 0.05) is 18.5 Å². The van der Waals surface area contributed by atoms with E-state index in [0.29, 0.717) is 12.1 Å². The zero-order valence-electron chi connectivity index (χ0n) is 11.2. The van der Waals surface area contributed by atoms with Gasteiger partial charge >= 0.3 is 0 Å². The highest BCUT2D eigenvalue weighted by Gasteiger charge is 2.47. The van der Waals surface area contributed by atoms with Gasteiger partial charge in [-0.3, -0.25) is 11.3 Å². The largest absolute Gasteiger partial charge is 0.271 e. The van der Waals surface area contributed by atoms with Crippen molar-refractivity contribution in [1.29, 1.82) is 0 Å². The van der Waals surface area contributed by atoms with Crippen LogP contribution in [0.5, 0.6) is 0 Å². The fraction of sp³-hybridized carbons (Fsp3) is 0.846. The first-order valence-electron chi connectivity index (χ1n) is 7.03. The average Bonchev–Trinajstić information content (AvgIpc) is 2.81. The van der Waals surface area contributed by atoms with Gasteiger partial charge in [-0.05, 0) is 50.9 Å². The highest BCUT2D eigenvalue weighted by atomic mass is 15.3. The third-order valence-corrected chi connectivity index (χ3v) is 4.60. The molecule has 2 fully saturated rings. The van der Waals surface area contributed by atoms with E-state index in [0.717, 1.165) is 30.0 Å². The van der Waals surface area contributed by atoms with Crippen LogP contribution in [0.3, 0.4) is 0 Å². The Morgan fingerprint density at radius 1 is 1.39 bits per heavy atom. The minimum atomic E-state index is 0.347. The molecule has 3 unspecified atom stereocenters. The van der Waals surface area contributed by atoms with Crippen LogP contribution in [-0.2, 0) is 6.42 Å². The van der Waals surface area contributed by atoms with Crippen molar-refractivity contribution in [3.05, 3.63) is 12.2 Å². The molecule has 5 nitrogen and oxygen atoms in total. The van der Waals surface area contributed by atoms with E-state index in [1.54, 1.807) is 6.33 Å². The summed E-state index contributed by atoms with van der Waals surface area (Å²) in [5.41, 5.74) is 3.01. The molecule has 1 heterocycles. The molecule has 0 radical (unpaired) electrons. The van der Waals surface area contributed by atoms with Crippen molar-refractivity contribution in [2.45, 2.75) is 51.6 Å². The Morgan fingerprint density at radius 3 is 2.72 bits per heavy atom. The van der Waals surface area contributed by atoms with Crippen molar-refractivity contribution in [2.24, 2.45) is 23.6 Å². The van der Waals surface area contributed by atoms with Crippen LogP contribution in [0.15, 0.2) is 6.33 Å². The Balaban J connectivity index is 1.67. The summed E-state index contributed by atoms with van der Waals surface area (Å²) in [4.78, 5) is 4.38. The van der Waals surface area contributed by atoms with E-state index in [1.807, 2.05) is 4.68 Å². The van der Waals surface area contributed by atoms with Gasteiger partial charge < -0.3 is 0 Å². The molecule has 3 rings (SSSR count). The maximum atomic E-state index is 5.75. The minimum Gasteiger partial charge on any atom is -0.271 e. The molecule has 2 aliphatic carbocycles. The Hall–Kier alpha value is -0.940. The zero-order chi connectivity index (χ0) is 12.7. The summed E-state index contributed by atoms with van der Waals surface area (Å²) < 4.78 is 2.00. The summed E-state index contributed by atoms with van der Waals surface area (Å²) in [7, 11) is 0. The van der Waals surface area contributed by atoms with Crippen LogP contribution in [0, 0.1) is 17.8 Å². The lowest BCUT2D eigenvalue weighted by Crippen LogP contribution is -2.42. The molecule has 0 aromatic carbocycles. The van der Waals surface area contributed by atoms with Crippen LogP contribution in [0.1, 0.15) is 45.0 Å². The van der Waals surface area contributed by atoms with E-state index in [-0.39, 0.29) is 0 Å². The van der Waals surface area contributed by atoms with Gasteiger partial charge in [0.15, 0.2) is 0 Å². The van der Waals surface area contributed by atoms with Crippen molar-refractivity contribution < 1.29 is 0 Å². The maximum absolute atomic E-state index is 5.75. The molecular weight excluding hydrogens is 226 g/mol. The minimum absolute atomic E-state index is 0.347. The maximum Gasteiger partial charge on any atom is 0.138 e. The fourth-order valence-corrected chi connectivity index (χ4v) is 3.50. The molecule has 1 aromatic rings. The van der Waals surface area contributed by atoms with Gasteiger partial charge in [-0.25, -0.2) is 9.67 Å². The van der Waals surface area contributed by atoms with Gasteiger partial charge in [-0.2, -0.15) is 5.10 Å². The molecule has 0 saturated heterocycles. The summed E-state index contributed by atoms with van der Waals surface area (Å²) in [6.07, 6.45) is 6.68. The Kier molecular flexibility index (Phi) is 3.11. The molecule has 2 aliphatic rings. The average molecular weight is 249 g/mol. The van der Waals surface area contributed by atoms with E-state index < -0.39 is 0 Å². The third-order valence-electron chi connectivity index (χ3n) is 4.60. The van der Waals surface area contributed by atoms with Crippen LogP contribution < -0.4 is 11.3 Å². The monoisotopic (exact) mass is 249 g/mol. The molecule has 0 aliphatic heterocycles. The number of nitrogens with zero attached hydrogens (tertiary/aromatic N) is 3. The van der Waals surface area contributed by atoms with Crippen LogP contribution in [0.25, 0.3) is 0 Å². The summed E-state index contributed by atoms with van der Waals surface area (Å²) in [6.45, 7) is 4.27. The summed E-state index contributed by atoms with van der Waals surface area (Å²) in [5.74, 6) is 9.50. The molecule has 100 valence electrons. The van der Waals surface area contributed by atoms with E-state index in [9.17, 15) is 0 Å². The van der Waals surface area contributed by atoms with Gasteiger partial charge in [0.2, 0.25) is 0 Å². The number of hydrogen-bond donors (Lipinski definition) is 2. The lowest BCUT2D eigenvalue weighted by molar-refractivity contribution is 0.325. The smallest absolute Gasteiger partial charge is 0.138 e. The fourth-order valence-electron chi connectivity index (χ4n) is 3.50. The van der Waals surface area contributed by atoms with Crippen molar-refractivity contribution in [3.63, 3.8) is 0 Å². The lowest BCUT2D eigenvalue weighted by Gasteiger charge is -2.24. The topological polar surface area (TPSA) is 68.8 Å². The number of aromatic nitrogens is 3. The first-order valence-corrected chi connectivity index (χ1v) is 7.03. The van der Waals surface area contributed by atoms with E-state index in [4.69, 9.17) is 5.84 Å². The zero-order valence-corrected chi connectivity index (χ0v) is 11.2. The molecule has 0 amide bonds. The van der Waals surface area contributed by atoms with Gasteiger partial charge in [-0.1, -0.05) is 0 Å². The van der Waals surface area contributed by atoms with Gasteiger partial charge in [-0.15, -0.1) is 0 Å². The second kappa shape index (κ2) is 4.63. The van der Waals surface area contributed by atoms with Gasteiger partial charge in [0.05, 0.1) is 0 Å². The SMILES string of the molecule is CC(C)n1ncnc1CC(NN)C1CC2CC2C1. The van der Waals surface area contributed by atoms with Gasteiger partial charge in [0.1, 0.15) is 12.2 Å². The molecule has 2 saturated carbocycles. The van der Waals surface area contributed by atoms with Gasteiger partial charge in [0.25, 0.3) is 0 Å². The standard InChI is InChI=1S/C13H23N5/c1-8(2)18-13(15-7-16-18)6-12(17-14)11-4-9-3-10(9)5-11/h7-12,17H,3-6,14H2,1-2H3. The van der Waals surface area contributed by atoms with E-state index >= 15 is 0 Å². The number of nitrogens with one attached hydrogen (secondary N) is 1. The van der Waals surface area contributed by atoms with Crippen molar-refractivity contribution in [1.82, 2.24) is 20.2 Å². The Bertz CT molecular complexity index is 403. The number of hydrazine groups is 1.